The molecule has 0 spiro atoms. The fourth-order valence-electron chi connectivity index (χ4n) is 4.85. The molecule has 5 nitrogen and oxygen atoms in total. The topological polar surface area (TPSA) is 44.2 Å². The van der Waals surface area contributed by atoms with Gasteiger partial charge in [-0.15, -0.1) is 11.3 Å². The number of hydrogen-bond donors (Lipinski definition) is 0. The monoisotopic (exact) mass is 536 g/mol. The van der Waals surface area contributed by atoms with Crippen molar-refractivity contribution in [3.8, 4) is 16.9 Å². The zero-order valence-electron chi connectivity index (χ0n) is 19.6. The molecule has 0 saturated heterocycles. The smallest absolute Gasteiger partial charge is 0.297 e. The van der Waals surface area contributed by atoms with Crippen LogP contribution in [0.4, 0.5) is 5.69 Å². The second kappa shape index (κ2) is 9.92. The van der Waals surface area contributed by atoms with Crippen LogP contribution in [0.25, 0.3) is 16.9 Å². The van der Waals surface area contributed by atoms with Crippen LogP contribution >= 0.6 is 27.3 Å². The maximum absolute atomic E-state index is 13.5. The quantitative estimate of drug-likeness (QED) is 0.283. The Hall–Kier alpha value is -2.64. The van der Waals surface area contributed by atoms with Gasteiger partial charge < -0.3 is 4.57 Å². The highest BCUT2D eigenvalue weighted by molar-refractivity contribution is 9.10. The first-order chi connectivity index (χ1) is 16.5. The Balaban J connectivity index is 1.64. The van der Waals surface area contributed by atoms with Gasteiger partial charge in [-0.25, -0.2) is 9.67 Å². The molecule has 1 aliphatic rings. The van der Waals surface area contributed by atoms with Crippen LogP contribution < -0.4 is 10.4 Å². The first kappa shape index (κ1) is 23.1. The molecule has 0 atom stereocenters. The normalized spacial score (nSPS) is 15.2. The molecular weight excluding hydrogens is 508 g/mol. The summed E-state index contributed by atoms with van der Waals surface area (Å²) >= 11 is 5.16. The average molecular weight is 538 g/mol. The Morgan fingerprint density at radius 2 is 1.74 bits per heavy atom. The molecule has 176 valence electrons. The van der Waals surface area contributed by atoms with Gasteiger partial charge in [0.15, 0.2) is 10.5 Å². The summed E-state index contributed by atoms with van der Waals surface area (Å²) in [6.45, 7) is 2.90. The number of halogens is 1. The van der Waals surface area contributed by atoms with Crippen molar-refractivity contribution in [1.29, 1.82) is 0 Å². The van der Waals surface area contributed by atoms with E-state index in [9.17, 15) is 4.79 Å². The maximum Gasteiger partial charge on any atom is 0.297 e. The van der Waals surface area contributed by atoms with E-state index in [-0.39, 0.29) is 5.56 Å². The molecule has 1 saturated carbocycles. The maximum atomic E-state index is 13.5. The lowest BCUT2D eigenvalue weighted by atomic mass is 9.89. The Bertz CT molecular complexity index is 1400. The summed E-state index contributed by atoms with van der Waals surface area (Å²) in [7, 11) is 1.92. The second-order valence-corrected chi connectivity index (χ2v) is 10.8. The van der Waals surface area contributed by atoms with E-state index in [0.29, 0.717) is 11.6 Å². The number of hydrogen-bond acceptors (Lipinski definition) is 3. The van der Waals surface area contributed by atoms with Crippen LogP contribution in [-0.4, -0.2) is 13.9 Å². The molecule has 2 heterocycles. The van der Waals surface area contributed by atoms with E-state index in [0.717, 1.165) is 27.2 Å². The molecule has 5 rings (SSSR count). The zero-order valence-corrected chi connectivity index (χ0v) is 22.0. The molecule has 0 aliphatic heterocycles. The highest BCUT2D eigenvalue weighted by Gasteiger charge is 2.19. The third kappa shape index (κ3) is 4.51. The molecule has 0 amide bonds. The molecule has 0 N–H and O–H groups in total. The summed E-state index contributed by atoms with van der Waals surface area (Å²) in [6.07, 6.45) is 6.45. The van der Waals surface area contributed by atoms with Crippen LogP contribution in [0.5, 0.6) is 0 Å². The van der Waals surface area contributed by atoms with Gasteiger partial charge in [0.05, 0.1) is 17.1 Å². The van der Waals surface area contributed by atoms with Gasteiger partial charge in [-0.3, -0.25) is 9.48 Å². The summed E-state index contributed by atoms with van der Waals surface area (Å²) in [6, 6.07) is 18.2. The number of benzene rings is 2. The van der Waals surface area contributed by atoms with Crippen molar-refractivity contribution in [3.05, 3.63) is 85.3 Å². The van der Waals surface area contributed by atoms with Crippen molar-refractivity contribution in [2.24, 2.45) is 18.0 Å². The van der Waals surface area contributed by atoms with Gasteiger partial charge in [0, 0.05) is 23.4 Å². The van der Waals surface area contributed by atoms with E-state index < -0.39 is 0 Å². The molecule has 7 heteroatoms. The van der Waals surface area contributed by atoms with Crippen LogP contribution in [0.3, 0.4) is 0 Å². The number of aromatic nitrogens is 3. The molecule has 4 aromatic rings. The molecule has 0 bridgehead atoms. The molecule has 0 unspecified atom stereocenters. The van der Waals surface area contributed by atoms with Crippen LogP contribution in [-0.2, 0) is 13.6 Å². The summed E-state index contributed by atoms with van der Waals surface area (Å²) in [5.41, 5.74) is 4.46. The van der Waals surface area contributed by atoms with Crippen LogP contribution in [0.2, 0.25) is 0 Å². The minimum atomic E-state index is -0.0889. The summed E-state index contributed by atoms with van der Waals surface area (Å²) in [5.74, 6) is 0.648. The van der Waals surface area contributed by atoms with Gasteiger partial charge in [0.1, 0.15) is 0 Å². The molecule has 1 fully saturated rings. The molecule has 2 aromatic carbocycles. The summed E-state index contributed by atoms with van der Waals surface area (Å²) in [4.78, 5) is 19.3. The number of thiazole rings is 1. The van der Waals surface area contributed by atoms with Crippen molar-refractivity contribution in [2.45, 2.75) is 45.6 Å². The third-order valence-electron chi connectivity index (χ3n) is 6.83. The first-order valence-electron chi connectivity index (χ1n) is 11.9. The van der Waals surface area contributed by atoms with Gasteiger partial charge in [-0.05, 0) is 55.5 Å². The van der Waals surface area contributed by atoms with Crippen molar-refractivity contribution >= 4 is 33.0 Å². The molecule has 34 heavy (non-hydrogen) atoms. The minimum Gasteiger partial charge on any atom is -0.316 e. The Morgan fingerprint density at radius 1 is 1.03 bits per heavy atom. The fraction of sp³-hybridized carbons (Fsp3) is 0.333. The van der Waals surface area contributed by atoms with Gasteiger partial charge in [0.2, 0.25) is 0 Å². The van der Waals surface area contributed by atoms with Gasteiger partial charge >= 0.3 is 0 Å². The minimum absolute atomic E-state index is 0.0889. The van der Waals surface area contributed by atoms with Crippen molar-refractivity contribution in [2.75, 3.05) is 0 Å². The van der Waals surface area contributed by atoms with Crippen molar-refractivity contribution in [3.63, 3.8) is 0 Å². The molecule has 1 aliphatic carbocycles. The molecular formula is C27H29BrN4OS. The Kier molecular flexibility index (Phi) is 6.75. The second-order valence-electron chi connectivity index (χ2n) is 9.05. The van der Waals surface area contributed by atoms with E-state index in [4.69, 9.17) is 4.99 Å². The van der Waals surface area contributed by atoms with Crippen molar-refractivity contribution < 1.29 is 0 Å². The number of para-hydroxylation sites is 1. The summed E-state index contributed by atoms with van der Waals surface area (Å²) < 4.78 is 6.99. The Labute approximate surface area is 212 Å². The largest absolute Gasteiger partial charge is 0.316 e. The predicted octanol–water partition coefficient (Wildman–Crippen LogP) is 6.59. The van der Waals surface area contributed by atoms with Gasteiger partial charge in [-0.2, -0.15) is 0 Å². The highest BCUT2D eigenvalue weighted by Crippen LogP contribution is 2.29. The van der Waals surface area contributed by atoms with Crippen LogP contribution in [0.1, 0.15) is 37.8 Å². The fourth-order valence-corrected chi connectivity index (χ4v) is 6.04. The van der Waals surface area contributed by atoms with E-state index in [1.807, 2.05) is 49.0 Å². The highest BCUT2D eigenvalue weighted by atomic mass is 79.9. The van der Waals surface area contributed by atoms with Crippen LogP contribution in [0, 0.1) is 12.8 Å². The van der Waals surface area contributed by atoms with Crippen LogP contribution in [0.15, 0.2) is 74.2 Å². The van der Waals surface area contributed by atoms with Gasteiger partial charge in [-0.1, -0.05) is 65.5 Å². The summed E-state index contributed by atoms with van der Waals surface area (Å²) in [5, 5.41) is 2.18. The lowest BCUT2D eigenvalue weighted by Crippen LogP contribution is -2.23. The first-order valence-corrected chi connectivity index (χ1v) is 13.5. The number of rotatable bonds is 5. The van der Waals surface area contributed by atoms with Crippen molar-refractivity contribution in [1.82, 2.24) is 13.9 Å². The third-order valence-corrected chi connectivity index (χ3v) is 8.23. The number of nitrogens with zero attached hydrogens (tertiary/aromatic N) is 4. The zero-order chi connectivity index (χ0) is 23.7. The lowest BCUT2D eigenvalue weighted by molar-refractivity contribution is 0.318. The lowest BCUT2D eigenvalue weighted by Gasteiger charge is -2.23. The SMILES string of the molecule is Cc1c(N=c2scc(-c3ccc(Br)cc3)n2CC2CCCCC2)c(=O)n(-c2ccccc2)n1C. The van der Waals surface area contributed by atoms with E-state index in [1.165, 1.54) is 43.4 Å². The molecule has 0 radical (unpaired) electrons. The molecule has 2 aromatic heterocycles. The standard InChI is InChI=1S/C27H29BrN4OS/c1-19-25(26(33)32(30(19)2)23-11-7-4-8-12-23)29-27-31(17-20-9-5-3-6-10-20)24(18-34-27)21-13-15-22(28)16-14-21/h4,7-8,11-16,18,20H,3,5-6,9-10,17H2,1-2H3. The van der Waals surface area contributed by atoms with E-state index >= 15 is 0 Å². The van der Waals surface area contributed by atoms with E-state index in [1.54, 1.807) is 16.0 Å². The van der Waals surface area contributed by atoms with Gasteiger partial charge in [0.25, 0.3) is 5.56 Å². The Morgan fingerprint density at radius 3 is 2.44 bits per heavy atom. The van der Waals surface area contributed by atoms with E-state index in [2.05, 4.69) is 50.1 Å². The predicted molar refractivity (Wildman–Crippen MR) is 143 cm³/mol. The average Bonchev–Trinajstić information content (AvgIpc) is 3.34.